The van der Waals surface area contributed by atoms with E-state index in [-0.39, 0.29) is 6.10 Å². The van der Waals surface area contributed by atoms with Crippen LogP contribution < -0.4 is 9.47 Å². The fraction of sp³-hybridized carbons (Fsp3) is 0.500. The maximum atomic E-state index is 12.0. The van der Waals surface area contributed by atoms with Crippen LogP contribution >= 0.6 is 0 Å². The standard InChI is InChI=1S/C16H18O4/c1-16(2)15(18)14(17)12-8-7-11(9-13(12)20-16)19-10-5-3-4-6-10/h7-10H,3-6H2,1-2H3. The number of hydrogen-bond donors (Lipinski definition) is 0. The van der Waals surface area contributed by atoms with Crippen molar-refractivity contribution in [1.82, 2.24) is 0 Å². The largest absolute Gasteiger partial charge is 0.490 e. The lowest BCUT2D eigenvalue weighted by molar-refractivity contribution is -0.128. The van der Waals surface area contributed by atoms with Gasteiger partial charge in [0.2, 0.25) is 11.6 Å². The first-order chi connectivity index (χ1) is 9.47. The molecule has 0 saturated heterocycles. The molecule has 0 N–H and O–H groups in total. The van der Waals surface area contributed by atoms with Crippen LogP contribution in [0.3, 0.4) is 0 Å². The van der Waals surface area contributed by atoms with Gasteiger partial charge in [-0.05, 0) is 51.7 Å². The Hall–Kier alpha value is -1.84. The third kappa shape index (κ3) is 2.19. The predicted octanol–water partition coefficient (Wildman–Crippen LogP) is 2.93. The van der Waals surface area contributed by atoms with Crippen molar-refractivity contribution in [3.63, 3.8) is 0 Å². The van der Waals surface area contributed by atoms with E-state index in [9.17, 15) is 9.59 Å². The van der Waals surface area contributed by atoms with Crippen LogP contribution in [-0.4, -0.2) is 23.3 Å². The Morgan fingerprint density at radius 1 is 1.20 bits per heavy atom. The van der Waals surface area contributed by atoms with Crippen LogP contribution in [0.15, 0.2) is 18.2 Å². The summed E-state index contributed by atoms with van der Waals surface area (Å²) in [5.74, 6) is 0.154. The zero-order chi connectivity index (χ0) is 14.3. The van der Waals surface area contributed by atoms with E-state index in [1.165, 1.54) is 12.8 Å². The number of fused-ring (bicyclic) bond motifs is 1. The molecule has 1 fully saturated rings. The summed E-state index contributed by atoms with van der Waals surface area (Å²) in [7, 11) is 0. The maximum absolute atomic E-state index is 12.0. The summed E-state index contributed by atoms with van der Waals surface area (Å²) in [6.45, 7) is 3.22. The third-order valence-corrected chi connectivity index (χ3v) is 3.92. The Balaban J connectivity index is 1.89. The summed E-state index contributed by atoms with van der Waals surface area (Å²) in [5.41, 5.74) is -0.774. The van der Waals surface area contributed by atoms with Crippen molar-refractivity contribution in [2.45, 2.75) is 51.2 Å². The minimum atomic E-state index is -1.10. The number of ketones is 2. The lowest BCUT2D eigenvalue weighted by Gasteiger charge is -2.30. The fourth-order valence-electron chi connectivity index (χ4n) is 2.76. The average molecular weight is 274 g/mol. The van der Waals surface area contributed by atoms with Crippen LogP contribution in [0.4, 0.5) is 0 Å². The molecule has 2 aliphatic rings. The second-order valence-corrected chi connectivity index (χ2v) is 5.95. The molecule has 1 aliphatic carbocycles. The van der Waals surface area contributed by atoms with Gasteiger partial charge in [0.05, 0.1) is 11.7 Å². The van der Waals surface area contributed by atoms with Gasteiger partial charge in [-0.3, -0.25) is 9.59 Å². The zero-order valence-corrected chi connectivity index (χ0v) is 11.8. The quantitative estimate of drug-likeness (QED) is 0.778. The van der Waals surface area contributed by atoms with Crippen LogP contribution in [-0.2, 0) is 4.79 Å². The Kier molecular flexibility index (Phi) is 3.04. The van der Waals surface area contributed by atoms with Gasteiger partial charge in [0.25, 0.3) is 0 Å². The van der Waals surface area contributed by atoms with Gasteiger partial charge in [-0.15, -0.1) is 0 Å². The van der Waals surface area contributed by atoms with E-state index in [0.717, 1.165) is 12.8 Å². The molecule has 1 aromatic rings. The molecule has 3 rings (SSSR count). The molecule has 20 heavy (non-hydrogen) atoms. The number of carbonyl (C=O) groups is 2. The summed E-state index contributed by atoms with van der Waals surface area (Å²) >= 11 is 0. The van der Waals surface area contributed by atoms with Gasteiger partial charge >= 0.3 is 0 Å². The van der Waals surface area contributed by atoms with Gasteiger partial charge in [0.1, 0.15) is 11.5 Å². The van der Waals surface area contributed by atoms with E-state index in [1.807, 2.05) is 0 Å². The lowest BCUT2D eigenvalue weighted by atomic mass is 9.91. The Morgan fingerprint density at radius 2 is 1.90 bits per heavy atom. The van der Waals surface area contributed by atoms with Crippen molar-refractivity contribution in [3.05, 3.63) is 23.8 Å². The number of Topliss-reactive ketones (excluding diaryl/α,β-unsaturated/α-hetero) is 2. The van der Waals surface area contributed by atoms with Crippen LogP contribution in [0.5, 0.6) is 11.5 Å². The highest BCUT2D eigenvalue weighted by atomic mass is 16.5. The van der Waals surface area contributed by atoms with Gasteiger partial charge in [0, 0.05) is 6.07 Å². The molecule has 0 radical (unpaired) electrons. The molecular weight excluding hydrogens is 256 g/mol. The first kappa shape index (κ1) is 13.2. The third-order valence-electron chi connectivity index (χ3n) is 3.92. The van der Waals surface area contributed by atoms with Gasteiger partial charge in [-0.1, -0.05) is 0 Å². The smallest absolute Gasteiger partial charge is 0.246 e. The SMILES string of the molecule is CC1(C)Oc2cc(OC3CCCC3)ccc2C(=O)C1=O. The van der Waals surface area contributed by atoms with Gasteiger partial charge in [0.15, 0.2) is 5.60 Å². The number of carbonyl (C=O) groups excluding carboxylic acids is 2. The van der Waals surface area contributed by atoms with Gasteiger partial charge in [-0.25, -0.2) is 0 Å². The van der Waals surface area contributed by atoms with E-state index in [0.29, 0.717) is 17.1 Å². The summed E-state index contributed by atoms with van der Waals surface area (Å²) in [6, 6.07) is 5.08. The van der Waals surface area contributed by atoms with E-state index in [1.54, 1.807) is 32.0 Å². The van der Waals surface area contributed by atoms with Crippen molar-refractivity contribution in [2.75, 3.05) is 0 Å². The van der Waals surface area contributed by atoms with Crippen molar-refractivity contribution < 1.29 is 19.1 Å². The Labute approximate surface area is 118 Å². The maximum Gasteiger partial charge on any atom is 0.246 e. The predicted molar refractivity (Wildman–Crippen MR) is 73.4 cm³/mol. The van der Waals surface area contributed by atoms with Crippen molar-refractivity contribution in [2.24, 2.45) is 0 Å². The van der Waals surface area contributed by atoms with Crippen molar-refractivity contribution in [1.29, 1.82) is 0 Å². The molecule has 1 aromatic carbocycles. The first-order valence-corrected chi connectivity index (χ1v) is 7.06. The first-order valence-electron chi connectivity index (χ1n) is 7.06. The summed E-state index contributed by atoms with van der Waals surface area (Å²) in [6.07, 6.45) is 4.79. The second kappa shape index (κ2) is 4.62. The highest BCUT2D eigenvalue weighted by Crippen LogP contribution is 2.35. The van der Waals surface area contributed by atoms with Gasteiger partial charge in [-0.2, -0.15) is 0 Å². The van der Waals surface area contributed by atoms with E-state index >= 15 is 0 Å². The summed E-state index contributed by atoms with van der Waals surface area (Å²) in [5, 5.41) is 0. The zero-order valence-electron chi connectivity index (χ0n) is 11.8. The van der Waals surface area contributed by atoms with E-state index < -0.39 is 17.2 Å². The number of rotatable bonds is 2. The summed E-state index contributed by atoms with van der Waals surface area (Å²) < 4.78 is 11.6. The lowest BCUT2D eigenvalue weighted by Crippen LogP contribution is -2.46. The molecule has 0 atom stereocenters. The van der Waals surface area contributed by atoms with Crippen LogP contribution in [0.25, 0.3) is 0 Å². The van der Waals surface area contributed by atoms with E-state index in [2.05, 4.69) is 0 Å². The molecule has 0 bridgehead atoms. The van der Waals surface area contributed by atoms with Gasteiger partial charge < -0.3 is 9.47 Å². The number of ether oxygens (including phenoxy) is 2. The number of benzene rings is 1. The molecule has 0 unspecified atom stereocenters. The molecule has 0 amide bonds. The second-order valence-electron chi connectivity index (χ2n) is 5.95. The monoisotopic (exact) mass is 274 g/mol. The molecule has 1 aliphatic heterocycles. The fourth-order valence-corrected chi connectivity index (χ4v) is 2.76. The minimum Gasteiger partial charge on any atom is -0.490 e. The van der Waals surface area contributed by atoms with Crippen LogP contribution in [0.2, 0.25) is 0 Å². The molecule has 1 saturated carbocycles. The Morgan fingerprint density at radius 3 is 2.60 bits per heavy atom. The van der Waals surface area contributed by atoms with Crippen LogP contribution in [0, 0.1) is 0 Å². The molecule has 4 nitrogen and oxygen atoms in total. The topological polar surface area (TPSA) is 52.6 Å². The Bertz CT molecular complexity index is 568. The number of hydrogen-bond acceptors (Lipinski definition) is 4. The molecule has 4 heteroatoms. The summed E-state index contributed by atoms with van der Waals surface area (Å²) in [4.78, 5) is 23.9. The molecular formula is C16H18O4. The van der Waals surface area contributed by atoms with Crippen LogP contribution in [0.1, 0.15) is 49.9 Å². The van der Waals surface area contributed by atoms with Crippen molar-refractivity contribution in [3.8, 4) is 11.5 Å². The highest BCUT2D eigenvalue weighted by molar-refractivity contribution is 6.47. The molecule has 1 heterocycles. The molecule has 106 valence electrons. The highest BCUT2D eigenvalue weighted by Gasteiger charge is 2.41. The molecule has 0 aromatic heterocycles. The average Bonchev–Trinajstić information content (AvgIpc) is 2.88. The van der Waals surface area contributed by atoms with E-state index in [4.69, 9.17) is 9.47 Å². The van der Waals surface area contributed by atoms with Crippen molar-refractivity contribution >= 4 is 11.6 Å². The molecule has 0 spiro atoms. The minimum absolute atomic E-state index is 0.252. The normalized spacial score (nSPS) is 21.5.